The third-order valence-corrected chi connectivity index (χ3v) is 4.96. The monoisotopic (exact) mass is 390 g/mol. The van der Waals surface area contributed by atoms with Crippen molar-refractivity contribution in [1.82, 2.24) is 28.7 Å². The van der Waals surface area contributed by atoms with Gasteiger partial charge in [0.1, 0.15) is 5.82 Å². The number of nitrogens with zero attached hydrogens (tertiary/aromatic N) is 5. The number of aromatic amines is 1. The van der Waals surface area contributed by atoms with Gasteiger partial charge in [0.2, 0.25) is 5.78 Å². The maximum atomic E-state index is 14.3. The number of hydrogen-bond acceptors (Lipinski definition) is 4. The predicted octanol–water partition coefficient (Wildman–Crippen LogP) is 1.93. The lowest BCUT2D eigenvalue weighted by Crippen LogP contribution is -2.29. The quantitative estimate of drug-likeness (QED) is 0.510. The van der Waals surface area contributed by atoms with Crippen LogP contribution in [0.5, 0.6) is 0 Å². The average Bonchev–Trinajstić information content (AvgIpc) is 3.28. The molecule has 0 fully saturated rings. The summed E-state index contributed by atoms with van der Waals surface area (Å²) in [6.07, 6.45) is 0. The highest BCUT2D eigenvalue weighted by Gasteiger charge is 2.23. The maximum absolute atomic E-state index is 14.3. The fourth-order valence-corrected chi connectivity index (χ4v) is 3.56. The van der Waals surface area contributed by atoms with Crippen molar-refractivity contribution in [2.24, 2.45) is 7.05 Å². The van der Waals surface area contributed by atoms with Gasteiger partial charge in [-0.1, -0.05) is 48.5 Å². The summed E-state index contributed by atoms with van der Waals surface area (Å²) in [5, 5.41) is 8.53. The molecule has 144 valence electrons. The molecule has 0 spiro atoms. The van der Waals surface area contributed by atoms with Crippen LogP contribution in [0.1, 0.15) is 5.56 Å². The summed E-state index contributed by atoms with van der Waals surface area (Å²) in [4.78, 5) is 27.3. The molecule has 0 unspecified atom stereocenters. The van der Waals surface area contributed by atoms with E-state index in [9.17, 15) is 14.0 Å². The first-order chi connectivity index (χ1) is 14.1. The van der Waals surface area contributed by atoms with Gasteiger partial charge < -0.3 is 0 Å². The molecule has 3 heterocycles. The first-order valence-corrected chi connectivity index (χ1v) is 8.91. The van der Waals surface area contributed by atoms with Gasteiger partial charge in [0.25, 0.3) is 5.56 Å². The number of nitrogens with one attached hydrogen (secondary N) is 1. The molecule has 3 aromatic heterocycles. The van der Waals surface area contributed by atoms with Crippen molar-refractivity contribution in [2.75, 3.05) is 0 Å². The Bertz CT molecular complexity index is 1490. The molecule has 5 aromatic rings. The first kappa shape index (κ1) is 17.1. The lowest BCUT2D eigenvalue weighted by molar-refractivity contribution is 0.602. The molecule has 0 atom stereocenters. The van der Waals surface area contributed by atoms with Gasteiger partial charge in [0.15, 0.2) is 17.0 Å². The fourth-order valence-electron chi connectivity index (χ4n) is 3.56. The maximum Gasteiger partial charge on any atom is 0.329 e. The summed E-state index contributed by atoms with van der Waals surface area (Å²) in [5.74, 6) is 0.434. The van der Waals surface area contributed by atoms with Crippen LogP contribution in [0.15, 0.2) is 64.2 Å². The van der Waals surface area contributed by atoms with Gasteiger partial charge in [0.05, 0.1) is 6.54 Å². The van der Waals surface area contributed by atoms with Crippen LogP contribution >= 0.6 is 0 Å². The molecular weight excluding hydrogens is 375 g/mol. The molecule has 29 heavy (non-hydrogen) atoms. The number of H-pyrrole nitrogens is 1. The molecular formula is C20H15FN6O2. The van der Waals surface area contributed by atoms with Crippen molar-refractivity contribution in [3.8, 4) is 11.4 Å². The molecule has 2 aromatic carbocycles. The Hall–Kier alpha value is -4.01. The lowest BCUT2D eigenvalue weighted by Gasteiger charge is -2.06. The van der Waals surface area contributed by atoms with E-state index in [2.05, 4.69) is 15.2 Å². The Morgan fingerprint density at radius 1 is 1.00 bits per heavy atom. The number of aromatic nitrogens is 6. The first-order valence-electron chi connectivity index (χ1n) is 8.91. The molecule has 9 heteroatoms. The Morgan fingerprint density at radius 3 is 2.48 bits per heavy atom. The molecule has 0 saturated carbocycles. The van der Waals surface area contributed by atoms with Crippen LogP contribution in [0, 0.1) is 5.82 Å². The minimum Gasteiger partial charge on any atom is -0.298 e. The second-order valence-electron chi connectivity index (χ2n) is 6.69. The molecule has 0 aliphatic rings. The summed E-state index contributed by atoms with van der Waals surface area (Å²) in [6, 6.07) is 15.7. The van der Waals surface area contributed by atoms with Crippen LogP contribution in [0.2, 0.25) is 0 Å². The van der Waals surface area contributed by atoms with Gasteiger partial charge in [0, 0.05) is 18.2 Å². The van der Waals surface area contributed by atoms with Gasteiger partial charge in [-0.15, -0.1) is 10.2 Å². The van der Waals surface area contributed by atoms with Gasteiger partial charge >= 0.3 is 5.69 Å². The number of fused-ring (bicyclic) bond motifs is 3. The largest absolute Gasteiger partial charge is 0.329 e. The molecule has 0 radical (unpaired) electrons. The van der Waals surface area contributed by atoms with E-state index < -0.39 is 17.1 Å². The zero-order valence-electron chi connectivity index (χ0n) is 15.3. The standard InChI is InChI=1S/C20H15FN6O2/c1-25-18-15(17(28)22-20(25)29)26(11-13-9-5-6-10-14(13)21)19-24-23-16(27(18)19)12-7-3-2-4-8-12/h2-10H,11H2,1H3,(H,22,28,29). The zero-order valence-corrected chi connectivity index (χ0v) is 15.3. The summed E-state index contributed by atoms with van der Waals surface area (Å²) < 4.78 is 18.9. The Kier molecular flexibility index (Phi) is 3.70. The van der Waals surface area contributed by atoms with Crippen molar-refractivity contribution in [2.45, 2.75) is 6.54 Å². The second kappa shape index (κ2) is 6.26. The molecule has 0 aliphatic heterocycles. The smallest absolute Gasteiger partial charge is 0.298 e. The minimum atomic E-state index is -0.566. The van der Waals surface area contributed by atoms with Crippen LogP contribution in [-0.2, 0) is 13.6 Å². The van der Waals surface area contributed by atoms with E-state index in [1.54, 1.807) is 34.2 Å². The van der Waals surface area contributed by atoms with E-state index >= 15 is 0 Å². The number of imidazole rings is 1. The highest BCUT2D eigenvalue weighted by atomic mass is 19.1. The van der Waals surface area contributed by atoms with Crippen molar-refractivity contribution in [3.05, 3.63) is 86.8 Å². The normalized spacial score (nSPS) is 11.5. The summed E-state index contributed by atoms with van der Waals surface area (Å²) in [5.41, 5.74) is 0.609. The number of rotatable bonds is 3. The Balaban J connectivity index is 1.91. The number of hydrogen-bond donors (Lipinski definition) is 1. The Labute approximate surface area is 162 Å². The van der Waals surface area contributed by atoms with Gasteiger partial charge in [-0.05, 0) is 6.07 Å². The van der Waals surface area contributed by atoms with Gasteiger partial charge in [-0.3, -0.25) is 18.9 Å². The zero-order chi connectivity index (χ0) is 20.1. The van der Waals surface area contributed by atoms with Crippen molar-refractivity contribution >= 4 is 16.9 Å². The molecule has 0 amide bonds. The highest BCUT2D eigenvalue weighted by molar-refractivity contribution is 5.79. The highest BCUT2D eigenvalue weighted by Crippen LogP contribution is 2.25. The number of aryl methyl sites for hydroxylation is 1. The fraction of sp³-hybridized carbons (Fsp3) is 0.100. The molecule has 0 bridgehead atoms. The van der Waals surface area contributed by atoms with E-state index in [4.69, 9.17) is 0 Å². The van der Waals surface area contributed by atoms with Crippen LogP contribution in [0.25, 0.3) is 28.3 Å². The summed E-state index contributed by atoms with van der Waals surface area (Å²) in [6.45, 7) is 0.0634. The summed E-state index contributed by atoms with van der Waals surface area (Å²) >= 11 is 0. The van der Waals surface area contributed by atoms with Crippen LogP contribution in [0.3, 0.4) is 0 Å². The van der Waals surface area contributed by atoms with Gasteiger partial charge in [-0.25, -0.2) is 13.6 Å². The predicted molar refractivity (Wildman–Crippen MR) is 105 cm³/mol. The molecule has 0 saturated heterocycles. The molecule has 0 aliphatic carbocycles. The second-order valence-corrected chi connectivity index (χ2v) is 6.69. The van der Waals surface area contributed by atoms with Crippen LogP contribution in [0.4, 0.5) is 4.39 Å². The topological polar surface area (TPSA) is 90.0 Å². The minimum absolute atomic E-state index is 0.0634. The van der Waals surface area contributed by atoms with E-state index in [1.807, 2.05) is 30.3 Å². The molecule has 8 nitrogen and oxygen atoms in total. The Morgan fingerprint density at radius 2 is 1.72 bits per heavy atom. The van der Waals surface area contributed by atoms with Crippen LogP contribution < -0.4 is 11.2 Å². The lowest BCUT2D eigenvalue weighted by atomic mass is 10.2. The van der Waals surface area contributed by atoms with Crippen molar-refractivity contribution in [3.63, 3.8) is 0 Å². The van der Waals surface area contributed by atoms with E-state index in [-0.39, 0.29) is 12.1 Å². The number of benzene rings is 2. The van der Waals surface area contributed by atoms with E-state index in [0.29, 0.717) is 22.8 Å². The third-order valence-electron chi connectivity index (χ3n) is 4.96. The molecule has 5 rings (SSSR count). The van der Waals surface area contributed by atoms with Crippen molar-refractivity contribution < 1.29 is 4.39 Å². The number of halogens is 1. The average molecular weight is 390 g/mol. The van der Waals surface area contributed by atoms with Crippen molar-refractivity contribution in [1.29, 1.82) is 0 Å². The van der Waals surface area contributed by atoms with E-state index in [0.717, 1.165) is 5.56 Å². The third kappa shape index (κ3) is 2.51. The summed E-state index contributed by atoms with van der Waals surface area (Å²) in [7, 11) is 1.56. The van der Waals surface area contributed by atoms with Gasteiger partial charge in [-0.2, -0.15) is 0 Å². The SMILES string of the molecule is Cn1c(=O)[nH]c(=O)c2c1n1c(-c3ccccc3)nnc1n2Cc1ccccc1F. The molecule has 1 N–H and O–H groups in total. The van der Waals surface area contributed by atoms with E-state index in [1.165, 1.54) is 10.6 Å². The van der Waals surface area contributed by atoms with Crippen LogP contribution in [-0.4, -0.2) is 28.7 Å².